The van der Waals surface area contributed by atoms with Crippen molar-refractivity contribution in [3.05, 3.63) is 58.6 Å². The summed E-state index contributed by atoms with van der Waals surface area (Å²) in [6.07, 6.45) is 0. The van der Waals surface area contributed by atoms with Gasteiger partial charge in [-0.05, 0) is 70.2 Å². The molecule has 0 unspecified atom stereocenters. The molecule has 29 heavy (non-hydrogen) atoms. The number of rotatable bonds is 9. The zero-order valence-corrected chi connectivity index (χ0v) is 19.5. The van der Waals surface area contributed by atoms with Crippen molar-refractivity contribution >= 4 is 37.5 Å². The molecule has 8 heteroatoms. The smallest absolute Gasteiger partial charge is 0.261 e. The molecule has 0 saturated heterocycles. The highest BCUT2D eigenvalue weighted by Crippen LogP contribution is 2.19. The highest BCUT2D eigenvalue weighted by atomic mass is 79.9. The summed E-state index contributed by atoms with van der Waals surface area (Å²) >= 11 is 3.32. The molecule has 2 aromatic rings. The van der Waals surface area contributed by atoms with Gasteiger partial charge in [0.05, 0.1) is 4.90 Å². The summed E-state index contributed by atoms with van der Waals surface area (Å²) in [6.45, 7) is 9.69. The quantitative estimate of drug-likeness (QED) is 0.564. The SMILES string of the molecule is CC(C)N(CCNC(=O)c1cccc(S(=O)(=O)Nc2ccc(Br)cc2)c1)C(C)C. The number of sulfonamides is 1. The average molecular weight is 482 g/mol. The Balaban J connectivity index is 2.05. The van der Waals surface area contributed by atoms with Crippen molar-refractivity contribution in [3.8, 4) is 0 Å². The summed E-state index contributed by atoms with van der Waals surface area (Å²) in [7, 11) is -3.79. The van der Waals surface area contributed by atoms with E-state index in [0.29, 0.717) is 29.9 Å². The fourth-order valence-corrected chi connectivity index (χ4v) is 4.42. The molecule has 0 bridgehead atoms. The second kappa shape index (κ2) is 10.2. The standard InChI is InChI=1S/C21H28BrN3O3S/c1-15(2)25(16(3)4)13-12-23-21(26)17-6-5-7-20(14-17)29(27,28)24-19-10-8-18(22)9-11-19/h5-11,14-16,24H,12-13H2,1-4H3,(H,23,26). The third kappa shape index (κ3) is 6.83. The first kappa shape index (κ1) is 23.4. The molecule has 0 radical (unpaired) electrons. The van der Waals surface area contributed by atoms with Crippen LogP contribution in [0.25, 0.3) is 0 Å². The summed E-state index contributed by atoms with van der Waals surface area (Å²) in [5.41, 5.74) is 0.759. The van der Waals surface area contributed by atoms with E-state index in [-0.39, 0.29) is 10.8 Å². The normalized spacial score (nSPS) is 11.9. The van der Waals surface area contributed by atoms with Crippen LogP contribution in [0, 0.1) is 0 Å². The maximum Gasteiger partial charge on any atom is 0.261 e. The first-order chi connectivity index (χ1) is 13.6. The van der Waals surface area contributed by atoms with Crippen molar-refractivity contribution in [2.45, 2.75) is 44.7 Å². The molecule has 158 valence electrons. The molecule has 6 nitrogen and oxygen atoms in total. The van der Waals surface area contributed by atoms with Crippen LogP contribution in [0.4, 0.5) is 5.69 Å². The predicted octanol–water partition coefficient (Wildman–Crippen LogP) is 4.10. The summed E-state index contributed by atoms with van der Waals surface area (Å²) < 4.78 is 28.7. The van der Waals surface area contributed by atoms with Crippen LogP contribution in [-0.4, -0.2) is 44.4 Å². The number of hydrogen-bond donors (Lipinski definition) is 2. The van der Waals surface area contributed by atoms with Gasteiger partial charge in [-0.25, -0.2) is 8.42 Å². The van der Waals surface area contributed by atoms with E-state index in [9.17, 15) is 13.2 Å². The Labute approximate surface area is 181 Å². The number of hydrogen-bond acceptors (Lipinski definition) is 4. The average Bonchev–Trinajstić information content (AvgIpc) is 2.66. The Morgan fingerprint density at radius 1 is 1.03 bits per heavy atom. The second-order valence-electron chi connectivity index (χ2n) is 7.32. The van der Waals surface area contributed by atoms with Gasteiger partial charge in [-0.3, -0.25) is 14.4 Å². The lowest BCUT2D eigenvalue weighted by atomic mass is 10.2. The fourth-order valence-electron chi connectivity index (χ4n) is 3.05. The molecule has 0 aliphatic heterocycles. The summed E-state index contributed by atoms with van der Waals surface area (Å²) in [6, 6.07) is 13.6. The van der Waals surface area contributed by atoms with Crippen LogP contribution in [-0.2, 0) is 10.0 Å². The molecule has 0 atom stereocenters. The Morgan fingerprint density at radius 3 is 2.24 bits per heavy atom. The summed E-state index contributed by atoms with van der Waals surface area (Å²) in [5.74, 6) is -0.293. The lowest BCUT2D eigenvalue weighted by molar-refractivity contribution is 0.0939. The van der Waals surface area contributed by atoms with Gasteiger partial charge in [-0.1, -0.05) is 22.0 Å². The third-order valence-corrected chi connectivity index (χ3v) is 6.39. The number of nitrogens with one attached hydrogen (secondary N) is 2. The number of benzene rings is 2. The van der Waals surface area contributed by atoms with Crippen LogP contribution in [0.2, 0.25) is 0 Å². The Kier molecular flexibility index (Phi) is 8.24. The van der Waals surface area contributed by atoms with Gasteiger partial charge in [-0.15, -0.1) is 0 Å². The van der Waals surface area contributed by atoms with Gasteiger partial charge >= 0.3 is 0 Å². The van der Waals surface area contributed by atoms with E-state index < -0.39 is 10.0 Å². The van der Waals surface area contributed by atoms with Crippen LogP contribution in [0.3, 0.4) is 0 Å². The first-order valence-corrected chi connectivity index (χ1v) is 11.8. The van der Waals surface area contributed by atoms with Crippen molar-refractivity contribution < 1.29 is 13.2 Å². The zero-order chi connectivity index (χ0) is 21.6. The van der Waals surface area contributed by atoms with Gasteiger partial charge < -0.3 is 5.32 Å². The van der Waals surface area contributed by atoms with Crippen LogP contribution in [0.5, 0.6) is 0 Å². The minimum atomic E-state index is -3.79. The maximum atomic E-state index is 12.7. The third-order valence-electron chi connectivity index (χ3n) is 4.49. The molecule has 0 fully saturated rings. The molecule has 0 saturated carbocycles. The molecule has 0 heterocycles. The largest absolute Gasteiger partial charge is 0.351 e. The minimum Gasteiger partial charge on any atom is -0.351 e. The topological polar surface area (TPSA) is 78.5 Å². The number of halogens is 1. The molecular formula is C21H28BrN3O3S. The monoisotopic (exact) mass is 481 g/mol. The Bertz CT molecular complexity index is 920. The van der Waals surface area contributed by atoms with Gasteiger partial charge in [0.25, 0.3) is 15.9 Å². The molecule has 0 aliphatic rings. The van der Waals surface area contributed by atoms with Crippen LogP contribution >= 0.6 is 15.9 Å². The molecule has 0 aromatic heterocycles. The van der Waals surface area contributed by atoms with E-state index in [4.69, 9.17) is 0 Å². The van der Waals surface area contributed by atoms with Gasteiger partial charge in [0.2, 0.25) is 0 Å². The van der Waals surface area contributed by atoms with Crippen LogP contribution in [0.1, 0.15) is 38.1 Å². The number of nitrogens with zero attached hydrogens (tertiary/aromatic N) is 1. The first-order valence-electron chi connectivity index (χ1n) is 9.52. The number of carbonyl (C=O) groups excluding carboxylic acids is 1. The minimum absolute atomic E-state index is 0.0408. The van der Waals surface area contributed by atoms with E-state index in [1.807, 2.05) is 0 Å². The van der Waals surface area contributed by atoms with Gasteiger partial charge in [-0.2, -0.15) is 0 Å². The van der Waals surface area contributed by atoms with Gasteiger partial charge in [0.15, 0.2) is 0 Å². The van der Waals surface area contributed by atoms with Crippen LogP contribution < -0.4 is 10.0 Å². The van der Waals surface area contributed by atoms with E-state index in [1.165, 1.54) is 12.1 Å². The van der Waals surface area contributed by atoms with Crippen molar-refractivity contribution in [2.75, 3.05) is 17.8 Å². The molecule has 1 amide bonds. The van der Waals surface area contributed by atoms with E-state index in [2.05, 4.69) is 58.6 Å². The molecular weight excluding hydrogens is 454 g/mol. The van der Waals surface area contributed by atoms with Crippen LogP contribution in [0.15, 0.2) is 57.9 Å². The Morgan fingerprint density at radius 2 is 1.66 bits per heavy atom. The number of carbonyl (C=O) groups is 1. The molecule has 2 rings (SSSR count). The van der Waals surface area contributed by atoms with Crippen molar-refractivity contribution in [3.63, 3.8) is 0 Å². The van der Waals surface area contributed by atoms with E-state index >= 15 is 0 Å². The van der Waals surface area contributed by atoms with Gasteiger partial charge in [0, 0.05) is 40.9 Å². The maximum absolute atomic E-state index is 12.7. The number of anilines is 1. The molecule has 2 N–H and O–H groups in total. The Hall–Kier alpha value is -1.90. The van der Waals surface area contributed by atoms with Crippen molar-refractivity contribution in [2.24, 2.45) is 0 Å². The predicted molar refractivity (Wildman–Crippen MR) is 121 cm³/mol. The summed E-state index contributed by atoms with van der Waals surface area (Å²) in [4.78, 5) is 14.8. The summed E-state index contributed by atoms with van der Waals surface area (Å²) in [5, 5.41) is 2.87. The fraction of sp³-hybridized carbons (Fsp3) is 0.381. The van der Waals surface area contributed by atoms with Crippen molar-refractivity contribution in [1.82, 2.24) is 10.2 Å². The molecule has 0 spiro atoms. The van der Waals surface area contributed by atoms with E-state index in [0.717, 1.165) is 11.0 Å². The number of amides is 1. The highest BCUT2D eigenvalue weighted by molar-refractivity contribution is 9.10. The lowest BCUT2D eigenvalue weighted by Crippen LogP contribution is -2.42. The van der Waals surface area contributed by atoms with Gasteiger partial charge in [0.1, 0.15) is 0 Å². The lowest BCUT2D eigenvalue weighted by Gasteiger charge is -2.30. The van der Waals surface area contributed by atoms with Crippen molar-refractivity contribution in [1.29, 1.82) is 0 Å². The molecule has 2 aromatic carbocycles. The zero-order valence-electron chi connectivity index (χ0n) is 17.1. The highest BCUT2D eigenvalue weighted by Gasteiger charge is 2.17. The molecule has 0 aliphatic carbocycles. The second-order valence-corrected chi connectivity index (χ2v) is 9.92. The van der Waals surface area contributed by atoms with E-state index in [1.54, 1.807) is 36.4 Å².